The molecule has 0 aliphatic carbocycles. The molecular weight excluding hydrogens is 327 g/mol. The van der Waals surface area contributed by atoms with E-state index in [1.54, 1.807) is 4.90 Å². The van der Waals surface area contributed by atoms with Crippen LogP contribution in [0.15, 0.2) is 54.6 Å². The van der Waals surface area contributed by atoms with Crippen molar-refractivity contribution in [1.29, 1.82) is 0 Å². The quantitative estimate of drug-likeness (QED) is 0.781. The highest BCUT2D eigenvalue weighted by molar-refractivity contribution is 5.94. The molecule has 1 amide bonds. The first-order chi connectivity index (χ1) is 11.9. The van der Waals surface area contributed by atoms with E-state index >= 15 is 0 Å². The lowest BCUT2D eigenvalue weighted by Crippen LogP contribution is -2.38. The van der Waals surface area contributed by atoms with Crippen molar-refractivity contribution in [3.05, 3.63) is 71.3 Å². The molecule has 0 saturated carbocycles. The normalized spacial score (nSPS) is 16.0. The first-order valence-electron chi connectivity index (χ1n) is 8.44. The summed E-state index contributed by atoms with van der Waals surface area (Å²) in [6.45, 7) is 1.30. The summed E-state index contributed by atoms with van der Waals surface area (Å²) >= 11 is 0. The van der Waals surface area contributed by atoms with Crippen LogP contribution in [0.5, 0.6) is 0 Å². The van der Waals surface area contributed by atoms with Crippen molar-refractivity contribution in [2.24, 2.45) is 5.92 Å². The van der Waals surface area contributed by atoms with E-state index in [-0.39, 0.29) is 5.91 Å². The monoisotopic (exact) mass is 347 g/mol. The van der Waals surface area contributed by atoms with Gasteiger partial charge in [-0.25, -0.2) is 0 Å². The predicted octanol–water partition coefficient (Wildman–Crippen LogP) is 4.80. The Balaban J connectivity index is 1.56. The fourth-order valence-electron chi connectivity index (χ4n) is 3.27. The Labute approximate surface area is 145 Å². The molecule has 1 aliphatic rings. The summed E-state index contributed by atoms with van der Waals surface area (Å²) in [5.74, 6) is 0.353. The molecule has 5 heteroatoms. The highest BCUT2D eigenvalue weighted by Crippen LogP contribution is 2.29. The molecule has 25 heavy (non-hydrogen) atoms. The molecule has 1 aliphatic heterocycles. The van der Waals surface area contributed by atoms with Gasteiger partial charge < -0.3 is 4.90 Å². The van der Waals surface area contributed by atoms with Crippen molar-refractivity contribution in [2.45, 2.75) is 25.4 Å². The molecular formula is C20H20F3NO. The standard InChI is InChI=1S/C20H20F3NO/c21-20(22,23)18-8-6-17(7-9-18)19(25)24-12-10-16(11-13-24)14-15-4-2-1-3-5-15/h1-9,16H,10-14H2. The number of likely N-dealkylation sites (tertiary alicyclic amines) is 1. The molecule has 3 rings (SSSR count). The molecule has 2 nitrogen and oxygen atoms in total. The van der Waals surface area contributed by atoms with Gasteiger partial charge in [-0.3, -0.25) is 4.79 Å². The molecule has 0 atom stereocenters. The average Bonchev–Trinajstić information content (AvgIpc) is 2.62. The zero-order valence-corrected chi connectivity index (χ0v) is 13.8. The number of amides is 1. The maximum absolute atomic E-state index is 12.6. The van der Waals surface area contributed by atoms with Gasteiger partial charge in [-0.05, 0) is 55.0 Å². The Morgan fingerprint density at radius 1 is 0.960 bits per heavy atom. The summed E-state index contributed by atoms with van der Waals surface area (Å²) in [6, 6.07) is 14.7. The zero-order chi connectivity index (χ0) is 17.9. The Bertz CT molecular complexity index is 702. The van der Waals surface area contributed by atoms with Gasteiger partial charge in [0.2, 0.25) is 0 Å². The SMILES string of the molecule is O=C(c1ccc(C(F)(F)F)cc1)N1CCC(Cc2ccccc2)CC1. The molecule has 1 fully saturated rings. The van der Waals surface area contributed by atoms with Crippen LogP contribution < -0.4 is 0 Å². The fraction of sp³-hybridized carbons (Fsp3) is 0.350. The van der Waals surface area contributed by atoms with Crippen molar-refractivity contribution >= 4 is 5.91 Å². The second kappa shape index (κ2) is 7.30. The Hall–Kier alpha value is -2.30. The van der Waals surface area contributed by atoms with Gasteiger partial charge in [-0.2, -0.15) is 13.2 Å². The minimum absolute atomic E-state index is 0.188. The number of nitrogens with zero attached hydrogens (tertiary/aromatic N) is 1. The summed E-state index contributed by atoms with van der Waals surface area (Å²) in [5.41, 5.74) is 0.884. The fourth-order valence-corrected chi connectivity index (χ4v) is 3.27. The molecule has 0 spiro atoms. The van der Waals surface area contributed by atoms with E-state index in [9.17, 15) is 18.0 Å². The van der Waals surface area contributed by atoms with E-state index in [4.69, 9.17) is 0 Å². The number of carbonyl (C=O) groups excluding carboxylic acids is 1. The molecule has 1 heterocycles. The molecule has 1 saturated heterocycles. The van der Waals surface area contributed by atoms with E-state index in [2.05, 4.69) is 12.1 Å². The number of carbonyl (C=O) groups is 1. The van der Waals surface area contributed by atoms with Gasteiger partial charge >= 0.3 is 6.18 Å². The largest absolute Gasteiger partial charge is 0.416 e. The van der Waals surface area contributed by atoms with E-state index in [1.165, 1.54) is 17.7 Å². The molecule has 0 bridgehead atoms. The molecule has 0 N–H and O–H groups in total. The molecule has 2 aromatic carbocycles. The summed E-state index contributed by atoms with van der Waals surface area (Å²) < 4.78 is 37.8. The van der Waals surface area contributed by atoms with Gasteiger partial charge in [0.05, 0.1) is 5.56 Å². The number of alkyl halides is 3. The third-order valence-electron chi connectivity index (χ3n) is 4.73. The summed E-state index contributed by atoms with van der Waals surface area (Å²) in [5, 5.41) is 0. The van der Waals surface area contributed by atoms with Crippen LogP contribution in [0, 0.1) is 5.92 Å². The van der Waals surface area contributed by atoms with Gasteiger partial charge in [0.25, 0.3) is 5.91 Å². The summed E-state index contributed by atoms with van der Waals surface area (Å²) in [7, 11) is 0. The van der Waals surface area contributed by atoms with E-state index in [0.29, 0.717) is 24.6 Å². The first kappa shape index (κ1) is 17.5. The van der Waals surface area contributed by atoms with Crippen LogP contribution in [0.2, 0.25) is 0 Å². The molecule has 0 radical (unpaired) electrons. The average molecular weight is 347 g/mol. The van der Waals surface area contributed by atoms with Crippen molar-refractivity contribution in [3.8, 4) is 0 Å². The van der Waals surface area contributed by atoms with Crippen LogP contribution in [-0.4, -0.2) is 23.9 Å². The minimum atomic E-state index is -4.38. The summed E-state index contributed by atoms with van der Waals surface area (Å²) in [4.78, 5) is 14.2. The molecule has 2 aromatic rings. The maximum Gasteiger partial charge on any atom is 0.416 e. The maximum atomic E-state index is 12.6. The lowest BCUT2D eigenvalue weighted by Gasteiger charge is -2.32. The van der Waals surface area contributed by atoms with Crippen LogP contribution in [0.4, 0.5) is 13.2 Å². The number of benzene rings is 2. The van der Waals surface area contributed by atoms with Gasteiger partial charge in [0.15, 0.2) is 0 Å². The van der Waals surface area contributed by atoms with Gasteiger partial charge in [0, 0.05) is 18.7 Å². The minimum Gasteiger partial charge on any atom is -0.339 e. The number of rotatable bonds is 3. The van der Waals surface area contributed by atoms with Crippen LogP contribution in [0.3, 0.4) is 0 Å². The molecule has 132 valence electrons. The zero-order valence-electron chi connectivity index (χ0n) is 13.8. The topological polar surface area (TPSA) is 20.3 Å². The van der Waals surface area contributed by atoms with Crippen molar-refractivity contribution in [1.82, 2.24) is 4.90 Å². The van der Waals surface area contributed by atoms with E-state index in [1.807, 2.05) is 18.2 Å². The van der Waals surface area contributed by atoms with Crippen molar-refractivity contribution in [3.63, 3.8) is 0 Å². The number of hydrogen-bond donors (Lipinski definition) is 0. The Kier molecular flexibility index (Phi) is 5.11. The lowest BCUT2D eigenvalue weighted by molar-refractivity contribution is -0.137. The highest BCUT2D eigenvalue weighted by Gasteiger charge is 2.30. The van der Waals surface area contributed by atoms with Gasteiger partial charge in [-0.1, -0.05) is 30.3 Å². The van der Waals surface area contributed by atoms with Crippen LogP contribution in [0.1, 0.15) is 34.3 Å². The molecule has 0 unspecified atom stereocenters. The van der Waals surface area contributed by atoms with E-state index in [0.717, 1.165) is 31.4 Å². The molecule has 0 aromatic heterocycles. The third-order valence-corrected chi connectivity index (χ3v) is 4.73. The Morgan fingerprint density at radius 2 is 1.56 bits per heavy atom. The number of halogens is 3. The van der Waals surface area contributed by atoms with Crippen LogP contribution in [-0.2, 0) is 12.6 Å². The Morgan fingerprint density at radius 3 is 2.12 bits per heavy atom. The number of hydrogen-bond acceptors (Lipinski definition) is 1. The van der Waals surface area contributed by atoms with Crippen molar-refractivity contribution < 1.29 is 18.0 Å². The highest BCUT2D eigenvalue weighted by atomic mass is 19.4. The second-order valence-corrected chi connectivity index (χ2v) is 6.50. The predicted molar refractivity (Wildman–Crippen MR) is 90.2 cm³/mol. The van der Waals surface area contributed by atoms with Gasteiger partial charge in [0.1, 0.15) is 0 Å². The second-order valence-electron chi connectivity index (χ2n) is 6.50. The van der Waals surface area contributed by atoms with Crippen molar-refractivity contribution in [2.75, 3.05) is 13.1 Å². The summed E-state index contributed by atoms with van der Waals surface area (Å²) in [6.07, 6.45) is -1.54. The van der Waals surface area contributed by atoms with E-state index < -0.39 is 11.7 Å². The van der Waals surface area contributed by atoms with Crippen LogP contribution >= 0.6 is 0 Å². The smallest absolute Gasteiger partial charge is 0.339 e. The third kappa shape index (κ3) is 4.41. The lowest BCUT2D eigenvalue weighted by atomic mass is 9.90. The van der Waals surface area contributed by atoms with Gasteiger partial charge in [-0.15, -0.1) is 0 Å². The number of piperidine rings is 1. The first-order valence-corrected chi connectivity index (χ1v) is 8.44. The van der Waals surface area contributed by atoms with Crippen LogP contribution in [0.25, 0.3) is 0 Å².